The number of guanidine groups is 1. The molecule has 0 spiro atoms. The van der Waals surface area contributed by atoms with Crippen LogP contribution in [-0.4, -0.2) is 55.5 Å². The monoisotopic (exact) mass is 374 g/mol. The van der Waals surface area contributed by atoms with E-state index in [0.29, 0.717) is 0 Å². The Labute approximate surface area is 162 Å². The number of piperidine rings is 1. The van der Waals surface area contributed by atoms with E-state index in [2.05, 4.69) is 37.6 Å². The fourth-order valence-electron chi connectivity index (χ4n) is 5.12. The average Bonchev–Trinajstić information content (AvgIpc) is 3.33. The molecule has 1 aliphatic carbocycles. The van der Waals surface area contributed by atoms with E-state index in [1.165, 1.54) is 69.6 Å². The van der Waals surface area contributed by atoms with Crippen molar-refractivity contribution in [3.05, 3.63) is 22.4 Å². The van der Waals surface area contributed by atoms with Crippen molar-refractivity contribution in [3.63, 3.8) is 0 Å². The molecule has 0 aromatic carbocycles. The molecule has 0 amide bonds. The van der Waals surface area contributed by atoms with E-state index in [-0.39, 0.29) is 0 Å². The number of rotatable bonds is 4. The summed E-state index contributed by atoms with van der Waals surface area (Å²) >= 11 is 1.88. The van der Waals surface area contributed by atoms with Crippen LogP contribution in [0.5, 0.6) is 0 Å². The van der Waals surface area contributed by atoms with Crippen LogP contribution in [0.4, 0.5) is 0 Å². The van der Waals surface area contributed by atoms with Gasteiger partial charge in [0.2, 0.25) is 0 Å². The minimum Gasteiger partial charge on any atom is -0.356 e. The lowest BCUT2D eigenvalue weighted by Crippen LogP contribution is -2.44. The molecule has 4 nitrogen and oxygen atoms in total. The Morgan fingerprint density at radius 3 is 2.50 bits per heavy atom. The van der Waals surface area contributed by atoms with E-state index in [9.17, 15) is 0 Å². The van der Waals surface area contributed by atoms with Crippen LogP contribution in [0.1, 0.15) is 43.4 Å². The molecule has 3 heterocycles. The Kier molecular flexibility index (Phi) is 6.16. The van der Waals surface area contributed by atoms with Gasteiger partial charge in [0, 0.05) is 38.1 Å². The fraction of sp³-hybridized carbons (Fsp3) is 0.762. The molecule has 3 aliphatic rings. The SMILES string of the molecule is CN=C(NCC1CCN(Cc2cccs2)CC1)N1CC2CCCCC2C1. The number of thiophene rings is 1. The molecule has 3 fully saturated rings. The van der Waals surface area contributed by atoms with Gasteiger partial charge in [0.05, 0.1) is 0 Å². The standard InChI is InChI=1S/C21H34N4S/c1-22-21(25-14-18-5-2-3-6-19(18)15-25)23-13-17-8-10-24(11-9-17)16-20-7-4-12-26-20/h4,7,12,17-19H,2-3,5-6,8-11,13-16H2,1H3,(H,22,23). The third-order valence-corrected chi connectivity index (χ3v) is 7.56. The van der Waals surface area contributed by atoms with Crippen molar-refractivity contribution < 1.29 is 0 Å². The molecule has 2 aliphatic heterocycles. The van der Waals surface area contributed by atoms with Gasteiger partial charge < -0.3 is 10.2 Å². The number of hydrogen-bond donors (Lipinski definition) is 1. The lowest BCUT2D eigenvalue weighted by molar-refractivity contribution is 0.179. The van der Waals surface area contributed by atoms with Crippen LogP contribution in [0.2, 0.25) is 0 Å². The molecule has 2 unspecified atom stereocenters. The Morgan fingerprint density at radius 2 is 1.88 bits per heavy atom. The molecular formula is C21H34N4S. The van der Waals surface area contributed by atoms with Gasteiger partial charge in [0.25, 0.3) is 0 Å². The summed E-state index contributed by atoms with van der Waals surface area (Å²) in [5.41, 5.74) is 0. The molecule has 5 heteroatoms. The number of hydrogen-bond acceptors (Lipinski definition) is 3. The Morgan fingerprint density at radius 1 is 1.15 bits per heavy atom. The zero-order valence-corrected chi connectivity index (χ0v) is 17.0. The predicted molar refractivity (Wildman–Crippen MR) is 111 cm³/mol. The zero-order chi connectivity index (χ0) is 17.8. The molecule has 1 N–H and O–H groups in total. The summed E-state index contributed by atoms with van der Waals surface area (Å²) < 4.78 is 0. The topological polar surface area (TPSA) is 30.9 Å². The van der Waals surface area contributed by atoms with E-state index in [0.717, 1.165) is 36.8 Å². The largest absolute Gasteiger partial charge is 0.356 e. The third-order valence-electron chi connectivity index (χ3n) is 6.70. The summed E-state index contributed by atoms with van der Waals surface area (Å²) in [6.45, 7) is 7.14. The maximum atomic E-state index is 4.60. The molecule has 1 aromatic heterocycles. The molecule has 2 atom stereocenters. The van der Waals surface area contributed by atoms with Crippen molar-refractivity contribution in [1.29, 1.82) is 0 Å². The number of nitrogens with one attached hydrogen (secondary N) is 1. The summed E-state index contributed by atoms with van der Waals surface area (Å²) in [5, 5.41) is 5.90. The average molecular weight is 375 g/mol. The van der Waals surface area contributed by atoms with Gasteiger partial charge >= 0.3 is 0 Å². The van der Waals surface area contributed by atoms with E-state index < -0.39 is 0 Å². The second-order valence-corrected chi connectivity index (χ2v) is 9.47. The van der Waals surface area contributed by atoms with Gasteiger partial charge in [0.1, 0.15) is 0 Å². The fourth-order valence-corrected chi connectivity index (χ4v) is 5.86. The summed E-state index contributed by atoms with van der Waals surface area (Å²) in [6.07, 6.45) is 8.35. The number of fused-ring (bicyclic) bond motifs is 1. The zero-order valence-electron chi connectivity index (χ0n) is 16.2. The summed E-state index contributed by atoms with van der Waals surface area (Å²) in [4.78, 5) is 11.2. The molecule has 1 saturated carbocycles. The van der Waals surface area contributed by atoms with Crippen LogP contribution < -0.4 is 5.32 Å². The summed E-state index contributed by atoms with van der Waals surface area (Å²) in [6, 6.07) is 4.42. The van der Waals surface area contributed by atoms with Gasteiger partial charge in [-0.15, -0.1) is 11.3 Å². The quantitative estimate of drug-likeness (QED) is 0.644. The van der Waals surface area contributed by atoms with Crippen LogP contribution in [0.3, 0.4) is 0 Å². The van der Waals surface area contributed by atoms with Crippen molar-refractivity contribution >= 4 is 17.3 Å². The van der Waals surface area contributed by atoms with Crippen LogP contribution in [-0.2, 0) is 6.54 Å². The highest BCUT2D eigenvalue weighted by atomic mass is 32.1. The van der Waals surface area contributed by atoms with Gasteiger partial charge in [-0.25, -0.2) is 0 Å². The Balaban J connectivity index is 1.20. The van der Waals surface area contributed by atoms with E-state index in [1.54, 1.807) is 0 Å². The van der Waals surface area contributed by atoms with Crippen molar-refractivity contribution in [2.24, 2.45) is 22.7 Å². The van der Waals surface area contributed by atoms with E-state index >= 15 is 0 Å². The lowest BCUT2D eigenvalue weighted by atomic mass is 9.82. The van der Waals surface area contributed by atoms with Crippen LogP contribution in [0.25, 0.3) is 0 Å². The van der Waals surface area contributed by atoms with Crippen molar-refractivity contribution in [3.8, 4) is 0 Å². The van der Waals surface area contributed by atoms with Gasteiger partial charge in [-0.3, -0.25) is 9.89 Å². The Hall–Kier alpha value is -1.07. The molecular weight excluding hydrogens is 340 g/mol. The Bertz CT molecular complexity index is 563. The first-order valence-electron chi connectivity index (χ1n) is 10.5. The van der Waals surface area contributed by atoms with Gasteiger partial charge in [-0.05, 0) is 68.0 Å². The van der Waals surface area contributed by atoms with Gasteiger partial charge in [0.15, 0.2) is 5.96 Å². The molecule has 26 heavy (non-hydrogen) atoms. The molecule has 0 bridgehead atoms. The van der Waals surface area contributed by atoms with Crippen LogP contribution in [0.15, 0.2) is 22.5 Å². The minimum absolute atomic E-state index is 0.788. The van der Waals surface area contributed by atoms with Crippen molar-refractivity contribution in [2.45, 2.75) is 45.1 Å². The van der Waals surface area contributed by atoms with Crippen LogP contribution in [0, 0.1) is 17.8 Å². The van der Waals surface area contributed by atoms with Gasteiger partial charge in [-0.2, -0.15) is 0 Å². The molecule has 4 rings (SSSR count). The first-order chi connectivity index (χ1) is 12.8. The first kappa shape index (κ1) is 18.3. The maximum absolute atomic E-state index is 4.60. The number of nitrogens with zero attached hydrogens (tertiary/aromatic N) is 3. The summed E-state index contributed by atoms with van der Waals surface area (Å²) in [5.74, 6) is 3.78. The lowest BCUT2D eigenvalue weighted by Gasteiger charge is -2.32. The second kappa shape index (κ2) is 8.75. The predicted octanol–water partition coefficient (Wildman–Crippen LogP) is 3.66. The smallest absolute Gasteiger partial charge is 0.193 e. The molecule has 1 aromatic rings. The highest BCUT2D eigenvalue weighted by molar-refractivity contribution is 7.09. The number of likely N-dealkylation sites (tertiary alicyclic amines) is 2. The molecule has 144 valence electrons. The normalized spacial score (nSPS) is 28.3. The molecule has 2 saturated heterocycles. The van der Waals surface area contributed by atoms with E-state index in [4.69, 9.17) is 0 Å². The highest BCUT2D eigenvalue weighted by Crippen LogP contribution is 2.36. The third kappa shape index (κ3) is 4.42. The second-order valence-electron chi connectivity index (χ2n) is 8.44. The van der Waals surface area contributed by atoms with Gasteiger partial charge in [-0.1, -0.05) is 18.9 Å². The number of aliphatic imine (C=N–C) groups is 1. The summed E-state index contributed by atoms with van der Waals surface area (Å²) in [7, 11) is 1.95. The van der Waals surface area contributed by atoms with Crippen molar-refractivity contribution in [2.75, 3.05) is 39.8 Å². The highest BCUT2D eigenvalue weighted by Gasteiger charge is 2.35. The molecule has 0 radical (unpaired) electrons. The maximum Gasteiger partial charge on any atom is 0.193 e. The van der Waals surface area contributed by atoms with Crippen molar-refractivity contribution in [1.82, 2.24) is 15.1 Å². The van der Waals surface area contributed by atoms with E-state index in [1.807, 2.05) is 18.4 Å². The first-order valence-corrected chi connectivity index (χ1v) is 11.4. The van der Waals surface area contributed by atoms with Crippen LogP contribution >= 0.6 is 11.3 Å². The minimum atomic E-state index is 0.788.